The van der Waals surface area contributed by atoms with Gasteiger partial charge in [-0.3, -0.25) is 4.79 Å². The van der Waals surface area contributed by atoms with Crippen LogP contribution in [0, 0.1) is 0 Å². The molecule has 1 aromatic rings. The molecule has 19 heavy (non-hydrogen) atoms. The van der Waals surface area contributed by atoms with Crippen LogP contribution >= 0.6 is 0 Å². The summed E-state index contributed by atoms with van der Waals surface area (Å²) in [5.41, 5.74) is 0.461. The molecule has 0 spiro atoms. The van der Waals surface area contributed by atoms with Crippen LogP contribution in [0.5, 0.6) is 0 Å². The molecule has 1 aliphatic rings. The van der Waals surface area contributed by atoms with Crippen LogP contribution in [0.3, 0.4) is 0 Å². The molecular weight excluding hydrogens is 242 g/mol. The minimum absolute atomic E-state index is 0.212. The van der Waals surface area contributed by atoms with Crippen LogP contribution in [-0.4, -0.2) is 24.0 Å². The van der Waals surface area contributed by atoms with Crippen LogP contribution in [0.15, 0.2) is 30.3 Å². The molecule has 0 aromatic heterocycles. The first-order valence-corrected chi connectivity index (χ1v) is 6.73. The topological polar surface area (TPSA) is 55.4 Å². The van der Waals surface area contributed by atoms with Crippen LogP contribution in [0.25, 0.3) is 0 Å². The number of esters is 1. The molecule has 0 aliphatic heterocycles. The third-order valence-corrected chi connectivity index (χ3v) is 3.36. The van der Waals surface area contributed by atoms with Gasteiger partial charge in [-0.2, -0.15) is 0 Å². The highest BCUT2D eigenvalue weighted by atomic mass is 16.5. The van der Waals surface area contributed by atoms with Crippen molar-refractivity contribution in [2.45, 2.75) is 44.8 Å². The van der Waals surface area contributed by atoms with Crippen molar-refractivity contribution >= 4 is 11.9 Å². The molecule has 0 heterocycles. The van der Waals surface area contributed by atoms with Crippen molar-refractivity contribution in [1.29, 1.82) is 0 Å². The Morgan fingerprint density at radius 3 is 2.47 bits per heavy atom. The zero-order valence-electron chi connectivity index (χ0n) is 11.1. The Labute approximate surface area is 113 Å². The molecule has 0 bridgehead atoms. The predicted molar refractivity (Wildman–Crippen MR) is 71.7 cm³/mol. The second kappa shape index (κ2) is 6.36. The van der Waals surface area contributed by atoms with Gasteiger partial charge in [-0.15, -0.1) is 0 Å². The molecule has 102 valence electrons. The molecule has 0 radical (unpaired) electrons. The normalized spacial score (nSPS) is 16.9. The zero-order chi connectivity index (χ0) is 13.7. The van der Waals surface area contributed by atoms with Crippen molar-refractivity contribution in [1.82, 2.24) is 5.32 Å². The quantitative estimate of drug-likeness (QED) is 0.846. The van der Waals surface area contributed by atoms with Crippen molar-refractivity contribution in [2.75, 3.05) is 0 Å². The molecule has 2 rings (SSSR count). The van der Waals surface area contributed by atoms with E-state index in [9.17, 15) is 9.59 Å². The van der Waals surface area contributed by atoms with Gasteiger partial charge in [-0.25, -0.2) is 4.79 Å². The molecule has 1 aromatic carbocycles. The maximum absolute atomic E-state index is 11.9. The van der Waals surface area contributed by atoms with E-state index in [1.54, 1.807) is 31.2 Å². The molecule has 1 unspecified atom stereocenters. The summed E-state index contributed by atoms with van der Waals surface area (Å²) in [5, 5.41) is 2.92. The first-order valence-electron chi connectivity index (χ1n) is 6.73. The van der Waals surface area contributed by atoms with Gasteiger partial charge in [0.2, 0.25) is 0 Å². The summed E-state index contributed by atoms with van der Waals surface area (Å²) in [7, 11) is 0. The highest BCUT2D eigenvalue weighted by Gasteiger charge is 2.23. The lowest BCUT2D eigenvalue weighted by molar-refractivity contribution is -0.129. The van der Waals surface area contributed by atoms with Gasteiger partial charge in [-0.1, -0.05) is 31.0 Å². The van der Waals surface area contributed by atoms with Gasteiger partial charge < -0.3 is 10.1 Å². The van der Waals surface area contributed by atoms with Gasteiger partial charge >= 0.3 is 5.97 Å². The van der Waals surface area contributed by atoms with E-state index < -0.39 is 12.1 Å². The highest BCUT2D eigenvalue weighted by Crippen LogP contribution is 2.17. The van der Waals surface area contributed by atoms with E-state index in [1.165, 1.54) is 0 Å². The molecule has 1 fully saturated rings. The second-order valence-electron chi connectivity index (χ2n) is 4.90. The fraction of sp³-hybridized carbons (Fsp3) is 0.467. The largest absolute Gasteiger partial charge is 0.449 e. The van der Waals surface area contributed by atoms with Crippen LogP contribution < -0.4 is 5.32 Å². The number of hydrogen-bond acceptors (Lipinski definition) is 3. The Morgan fingerprint density at radius 1 is 1.21 bits per heavy atom. The van der Waals surface area contributed by atoms with Crippen molar-refractivity contribution in [2.24, 2.45) is 0 Å². The van der Waals surface area contributed by atoms with Crippen LogP contribution in [0.4, 0.5) is 0 Å². The number of carbonyl (C=O) groups is 2. The lowest BCUT2D eigenvalue weighted by Crippen LogP contribution is -2.40. The molecule has 1 N–H and O–H groups in total. The van der Waals surface area contributed by atoms with Crippen molar-refractivity contribution < 1.29 is 14.3 Å². The smallest absolute Gasteiger partial charge is 0.338 e. The van der Waals surface area contributed by atoms with E-state index in [4.69, 9.17) is 4.74 Å². The average molecular weight is 261 g/mol. The van der Waals surface area contributed by atoms with Gasteiger partial charge in [0.05, 0.1) is 5.56 Å². The van der Waals surface area contributed by atoms with Gasteiger partial charge in [0.25, 0.3) is 5.91 Å². The minimum atomic E-state index is -0.756. The molecule has 1 amide bonds. The summed E-state index contributed by atoms with van der Waals surface area (Å²) in [4.78, 5) is 23.7. The predicted octanol–water partition coefficient (Wildman–Crippen LogP) is 2.29. The minimum Gasteiger partial charge on any atom is -0.449 e. The number of nitrogens with one attached hydrogen (secondary N) is 1. The number of carbonyl (C=O) groups excluding carboxylic acids is 2. The summed E-state index contributed by atoms with van der Waals surface area (Å²) in [6.45, 7) is 1.60. The maximum Gasteiger partial charge on any atom is 0.338 e. The number of amides is 1. The van der Waals surface area contributed by atoms with Crippen molar-refractivity contribution in [3.63, 3.8) is 0 Å². The Bertz CT molecular complexity index is 438. The van der Waals surface area contributed by atoms with E-state index >= 15 is 0 Å². The fourth-order valence-electron chi connectivity index (χ4n) is 2.25. The average Bonchev–Trinajstić information content (AvgIpc) is 2.92. The molecular formula is C15H19NO3. The Balaban J connectivity index is 1.84. The molecule has 1 atom stereocenters. The molecule has 1 aliphatic carbocycles. The Kier molecular flexibility index (Phi) is 4.55. The summed E-state index contributed by atoms with van der Waals surface area (Å²) in [6.07, 6.45) is 3.59. The van der Waals surface area contributed by atoms with Crippen LogP contribution in [0.1, 0.15) is 43.0 Å². The Hall–Kier alpha value is -1.84. The number of hydrogen-bond donors (Lipinski definition) is 1. The summed E-state index contributed by atoms with van der Waals surface area (Å²) < 4.78 is 5.16. The summed E-state index contributed by atoms with van der Waals surface area (Å²) >= 11 is 0. The van der Waals surface area contributed by atoms with E-state index in [2.05, 4.69) is 5.32 Å². The van der Waals surface area contributed by atoms with Crippen molar-refractivity contribution in [3.05, 3.63) is 35.9 Å². The van der Waals surface area contributed by atoms with Gasteiger partial charge in [0.1, 0.15) is 0 Å². The zero-order valence-corrected chi connectivity index (χ0v) is 11.1. The molecule has 1 saturated carbocycles. The standard InChI is InChI=1S/C15H19NO3/c1-11(14(17)16-13-9-5-6-10-13)19-15(18)12-7-3-2-4-8-12/h2-4,7-8,11,13H,5-6,9-10H2,1H3,(H,16,17). The fourth-order valence-corrected chi connectivity index (χ4v) is 2.25. The van der Waals surface area contributed by atoms with Gasteiger partial charge in [-0.05, 0) is 31.9 Å². The van der Waals surface area contributed by atoms with Gasteiger partial charge in [0, 0.05) is 6.04 Å². The first kappa shape index (κ1) is 13.6. The lowest BCUT2D eigenvalue weighted by Gasteiger charge is -2.17. The third kappa shape index (κ3) is 3.81. The maximum atomic E-state index is 11.9. The van der Waals surface area contributed by atoms with Crippen molar-refractivity contribution in [3.8, 4) is 0 Å². The molecule has 0 saturated heterocycles. The van der Waals surface area contributed by atoms with E-state index in [0.717, 1.165) is 25.7 Å². The number of benzene rings is 1. The molecule has 4 heteroatoms. The summed E-state index contributed by atoms with van der Waals surface area (Å²) in [5.74, 6) is -0.675. The van der Waals surface area contributed by atoms with E-state index in [1.807, 2.05) is 6.07 Å². The van der Waals surface area contributed by atoms with E-state index in [0.29, 0.717) is 5.56 Å². The number of ether oxygens (including phenoxy) is 1. The molecule has 4 nitrogen and oxygen atoms in total. The van der Waals surface area contributed by atoms with Crippen LogP contribution in [-0.2, 0) is 9.53 Å². The number of rotatable bonds is 4. The Morgan fingerprint density at radius 2 is 1.84 bits per heavy atom. The SMILES string of the molecule is CC(OC(=O)c1ccccc1)C(=O)NC1CCCC1. The monoisotopic (exact) mass is 261 g/mol. The van der Waals surface area contributed by atoms with Crippen LogP contribution in [0.2, 0.25) is 0 Å². The highest BCUT2D eigenvalue weighted by molar-refractivity contribution is 5.92. The van der Waals surface area contributed by atoms with Gasteiger partial charge in [0.15, 0.2) is 6.10 Å². The first-order chi connectivity index (χ1) is 9.16. The lowest BCUT2D eigenvalue weighted by atomic mass is 10.2. The van der Waals surface area contributed by atoms with E-state index in [-0.39, 0.29) is 11.9 Å². The summed E-state index contributed by atoms with van der Waals surface area (Å²) in [6, 6.07) is 8.94. The third-order valence-electron chi connectivity index (χ3n) is 3.36. The second-order valence-corrected chi connectivity index (χ2v) is 4.90.